The number of ether oxygens (including phenoxy) is 2. The second kappa shape index (κ2) is 7.30. The molecule has 0 saturated heterocycles. The third kappa shape index (κ3) is 5.20. The SMILES string of the molecule is CCCOCC(N)c1ccc(OC(C)C)cc1. The fourth-order valence-corrected chi connectivity index (χ4v) is 1.52. The molecule has 0 radical (unpaired) electrons. The first-order valence-corrected chi connectivity index (χ1v) is 6.23. The molecule has 1 aromatic rings. The summed E-state index contributed by atoms with van der Waals surface area (Å²) in [7, 11) is 0. The highest BCUT2D eigenvalue weighted by Gasteiger charge is 2.06. The molecule has 0 spiro atoms. The van der Waals surface area contributed by atoms with Crippen LogP contribution in [0.25, 0.3) is 0 Å². The van der Waals surface area contributed by atoms with Crippen LogP contribution < -0.4 is 10.5 Å². The quantitative estimate of drug-likeness (QED) is 0.742. The van der Waals surface area contributed by atoms with Crippen LogP contribution in [0.5, 0.6) is 5.75 Å². The first kappa shape index (κ1) is 14.0. The van der Waals surface area contributed by atoms with E-state index in [0.717, 1.165) is 24.3 Å². The molecule has 3 nitrogen and oxygen atoms in total. The lowest BCUT2D eigenvalue weighted by atomic mass is 10.1. The zero-order valence-electron chi connectivity index (χ0n) is 11.0. The number of hydrogen-bond acceptors (Lipinski definition) is 3. The molecule has 0 fully saturated rings. The summed E-state index contributed by atoms with van der Waals surface area (Å²) in [6.45, 7) is 7.44. The van der Waals surface area contributed by atoms with Crippen molar-refractivity contribution in [2.24, 2.45) is 5.73 Å². The monoisotopic (exact) mass is 237 g/mol. The molecule has 96 valence electrons. The first-order valence-electron chi connectivity index (χ1n) is 6.23. The largest absolute Gasteiger partial charge is 0.491 e. The molecule has 0 bridgehead atoms. The number of hydrogen-bond donors (Lipinski definition) is 1. The van der Waals surface area contributed by atoms with Gasteiger partial charge >= 0.3 is 0 Å². The van der Waals surface area contributed by atoms with E-state index in [1.54, 1.807) is 0 Å². The molecular formula is C14H23NO2. The Morgan fingerprint density at radius 2 is 1.82 bits per heavy atom. The summed E-state index contributed by atoms with van der Waals surface area (Å²) in [4.78, 5) is 0. The van der Waals surface area contributed by atoms with Gasteiger partial charge in [0.2, 0.25) is 0 Å². The fraction of sp³-hybridized carbons (Fsp3) is 0.571. The van der Waals surface area contributed by atoms with Crippen molar-refractivity contribution < 1.29 is 9.47 Å². The molecule has 0 heterocycles. The van der Waals surface area contributed by atoms with Crippen LogP contribution in [0.15, 0.2) is 24.3 Å². The van der Waals surface area contributed by atoms with Crippen molar-refractivity contribution in [2.45, 2.75) is 39.3 Å². The van der Waals surface area contributed by atoms with Gasteiger partial charge in [-0.05, 0) is 38.0 Å². The van der Waals surface area contributed by atoms with Gasteiger partial charge in [-0.25, -0.2) is 0 Å². The van der Waals surface area contributed by atoms with Crippen LogP contribution >= 0.6 is 0 Å². The molecule has 2 N–H and O–H groups in total. The summed E-state index contributed by atoms with van der Waals surface area (Å²) in [5.74, 6) is 0.880. The Kier molecular flexibility index (Phi) is 6.01. The van der Waals surface area contributed by atoms with Crippen LogP contribution in [-0.2, 0) is 4.74 Å². The molecule has 1 unspecified atom stereocenters. The summed E-state index contributed by atoms with van der Waals surface area (Å²) in [6, 6.07) is 7.84. The Morgan fingerprint density at radius 3 is 2.35 bits per heavy atom. The third-order valence-electron chi connectivity index (χ3n) is 2.33. The van der Waals surface area contributed by atoms with Crippen molar-refractivity contribution in [2.75, 3.05) is 13.2 Å². The molecule has 0 aliphatic rings. The van der Waals surface area contributed by atoms with E-state index in [9.17, 15) is 0 Å². The van der Waals surface area contributed by atoms with Gasteiger partial charge < -0.3 is 15.2 Å². The summed E-state index contributed by atoms with van der Waals surface area (Å²) in [5, 5.41) is 0. The van der Waals surface area contributed by atoms with Gasteiger partial charge in [-0.2, -0.15) is 0 Å². The van der Waals surface area contributed by atoms with Crippen LogP contribution in [0.2, 0.25) is 0 Å². The van der Waals surface area contributed by atoms with E-state index in [2.05, 4.69) is 6.92 Å². The molecule has 0 aliphatic carbocycles. The van der Waals surface area contributed by atoms with Crippen molar-refractivity contribution in [3.8, 4) is 5.75 Å². The van der Waals surface area contributed by atoms with E-state index in [1.807, 2.05) is 38.1 Å². The first-order chi connectivity index (χ1) is 8.13. The zero-order chi connectivity index (χ0) is 12.7. The number of benzene rings is 1. The lowest BCUT2D eigenvalue weighted by Crippen LogP contribution is -2.17. The average Bonchev–Trinajstić information content (AvgIpc) is 2.29. The minimum absolute atomic E-state index is 0.0605. The predicted octanol–water partition coefficient (Wildman–Crippen LogP) is 2.90. The van der Waals surface area contributed by atoms with Crippen LogP contribution in [-0.4, -0.2) is 19.3 Å². The van der Waals surface area contributed by atoms with E-state index in [0.29, 0.717) is 6.61 Å². The highest BCUT2D eigenvalue weighted by atomic mass is 16.5. The smallest absolute Gasteiger partial charge is 0.119 e. The molecule has 0 saturated carbocycles. The van der Waals surface area contributed by atoms with Crippen LogP contribution in [0.4, 0.5) is 0 Å². The maximum absolute atomic E-state index is 6.02. The van der Waals surface area contributed by atoms with Crippen molar-refractivity contribution in [1.82, 2.24) is 0 Å². The Morgan fingerprint density at radius 1 is 1.18 bits per heavy atom. The second-order valence-corrected chi connectivity index (χ2v) is 4.42. The highest BCUT2D eigenvalue weighted by Crippen LogP contribution is 2.17. The number of nitrogens with two attached hydrogens (primary N) is 1. The van der Waals surface area contributed by atoms with Crippen molar-refractivity contribution in [3.05, 3.63) is 29.8 Å². The van der Waals surface area contributed by atoms with E-state index in [1.165, 1.54) is 0 Å². The minimum Gasteiger partial charge on any atom is -0.491 e. The van der Waals surface area contributed by atoms with Gasteiger partial charge in [0, 0.05) is 6.61 Å². The fourth-order valence-electron chi connectivity index (χ4n) is 1.52. The molecule has 17 heavy (non-hydrogen) atoms. The number of rotatable bonds is 7. The third-order valence-corrected chi connectivity index (χ3v) is 2.33. The maximum Gasteiger partial charge on any atom is 0.119 e. The highest BCUT2D eigenvalue weighted by molar-refractivity contribution is 5.29. The molecule has 1 rings (SSSR count). The van der Waals surface area contributed by atoms with E-state index in [4.69, 9.17) is 15.2 Å². The molecule has 3 heteroatoms. The normalized spacial score (nSPS) is 12.8. The topological polar surface area (TPSA) is 44.5 Å². The van der Waals surface area contributed by atoms with Gasteiger partial charge in [-0.15, -0.1) is 0 Å². The van der Waals surface area contributed by atoms with Crippen molar-refractivity contribution in [1.29, 1.82) is 0 Å². The Bertz CT molecular complexity index is 309. The van der Waals surface area contributed by atoms with Gasteiger partial charge in [-0.1, -0.05) is 19.1 Å². The van der Waals surface area contributed by atoms with Gasteiger partial charge in [0.05, 0.1) is 18.8 Å². The summed E-state index contributed by atoms with van der Waals surface area (Å²) in [5.41, 5.74) is 7.10. The molecular weight excluding hydrogens is 214 g/mol. The molecule has 0 amide bonds. The summed E-state index contributed by atoms with van der Waals surface area (Å²) in [6.07, 6.45) is 1.22. The standard InChI is InChI=1S/C14H23NO2/c1-4-9-16-10-14(15)12-5-7-13(8-6-12)17-11(2)3/h5-8,11,14H,4,9-10,15H2,1-3H3. The summed E-state index contributed by atoms with van der Waals surface area (Å²) < 4.78 is 11.0. The minimum atomic E-state index is -0.0605. The van der Waals surface area contributed by atoms with Crippen LogP contribution in [0, 0.1) is 0 Å². The maximum atomic E-state index is 6.02. The van der Waals surface area contributed by atoms with Gasteiger partial charge in [0.25, 0.3) is 0 Å². The Balaban J connectivity index is 2.48. The van der Waals surface area contributed by atoms with Gasteiger partial charge in [0.15, 0.2) is 0 Å². The van der Waals surface area contributed by atoms with Gasteiger partial charge in [0.1, 0.15) is 5.75 Å². The van der Waals surface area contributed by atoms with E-state index >= 15 is 0 Å². The summed E-state index contributed by atoms with van der Waals surface area (Å²) >= 11 is 0. The molecule has 1 aromatic carbocycles. The van der Waals surface area contributed by atoms with E-state index < -0.39 is 0 Å². The second-order valence-electron chi connectivity index (χ2n) is 4.42. The van der Waals surface area contributed by atoms with Crippen LogP contribution in [0.3, 0.4) is 0 Å². The molecule has 1 atom stereocenters. The average molecular weight is 237 g/mol. The van der Waals surface area contributed by atoms with Crippen molar-refractivity contribution in [3.63, 3.8) is 0 Å². The lowest BCUT2D eigenvalue weighted by Gasteiger charge is -2.14. The Hall–Kier alpha value is -1.06. The van der Waals surface area contributed by atoms with Crippen molar-refractivity contribution >= 4 is 0 Å². The molecule has 0 aromatic heterocycles. The predicted molar refractivity (Wildman–Crippen MR) is 70.2 cm³/mol. The van der Waals surface area contributed by atoms with Gasteiger partial charge in [-0.3, -0.25) is 0 Å². The van der Waals surface area contributed by atoms with Crippen LogP contribution in [0.1, 0.15) is 38.8 Å². The Labute approximate surface area is 104 Å². The molecule has 0 aliphatic heterocycles. The lowest BCUT2D eigenvalue weighted by molar-refractivity contribution is 0.121. The zero-order valence-corrected chi connectivity index (χ0v) is 11.0. The van der Waals surface area contributed by atoms with E-state index in [-0.39, 0.29) is 12.1 Å².